The van der Waals surface area contributed by atoms with E-state index in [0.717, 1.165) is 41.6 Å². The molecular formula is C26H32F2N6O4. The number of carbonyl (C=O) groups excluding carboxylic acids is 2. The third-order valence-corrected chi connectivity index (χ3v) is 8.51. The Morgan fingerprint density at radius 2 is 1.87 bits per heavy atom. The van der Waals surface area contributed by atoms with Crippen molar-refractivity contribution < 1.29 is 28.3 Å². The maximum atomic E-state index is 14.7. The fraction of sp³-hybridized carbons (Fsp3) is 0.615. The minimum atomic E-state index is -3.02. The summed E-state index contributed by atoms with van der Waals surface area (Å²) < 4.78 is 31.5. The number of likely N-dealkylation sites (tertiary alicyclic amines) is 2. The minimum Gasteiger partial charge on any atom is -0.465 e. The average Bonchev–Trinajstić information content (AvgIpc) is 3.65. The molecule has 1 aliphatic carbocycles. The molecule has 204 valence electrons. The molecule has 0 radical (unpaired) electrons. The number of hydrogen-bond acceptors (Lipinski definition) is 5. The molecule has 0 aromatic carbocycles. The van der Waals surface area contributed by atoms with Crippen LogP contribution in [0.25, 0.3) is 11.0 Å². The van der Waals surface area contributed by atoms with E-state index >= 15 is 0 Å². The summed E-state index contributed by atoms with van der Waals surface area (Å²) in [5, 5.41) is 12.5. The fourth-order valence-corrected chi connectivity index (χ4v) is 6.17. The molecule has 10 nitrogen and oxygen atoms in total. The molecule has 0 spiro atoms. The van der Waals surface area contributed by atoms with Crippen LogP contribution in [0.1, 0.15) is 56.0 Å². The van der Waals surface area contributed by atoms with Gasteiger partial charge >= 0.3 is 12.1 Å². The van der Waals surface area contributed by atoms with Gasteiger partial charge in [-0.25, -0.2) is 23.4 Å². The van der Waals surface area contributed by atoms with E-state index in [2.05, 4.69) is 21.0 Å². The first kappa shape index (κ1) is 25.0. The van der Waals surface area contributed by atoms with Crippen molar-refractivity contribution in [3.63, 3.8) is 0 Å². The summed E-state index contributed by atoms with van der Waals surface area (Å²) in [6.45, 7) is 1.40. The third kappa shape index (κ3) is 4.70. The number of rotatable bonds is 5. The van der Waals surface area contributed by atoms with Crippen LogP contribution < -0.4 is 10.2 Å². The zero-order chi connectivity index (χ0) is 26.6. The molecule has 4 aliphatic rings. The first-order chi connectivity index (χ1) is 18.2. The number of aromatic nitrogens is 2. The average molecular weight is 531 g/mol. The Kier molecular flexibility index (Phi) is 6.24. The number of piperidine rings is 2. The van der Waals surface area contributed by atoms with Gasteiger partial charge in [0, 0.05) is 62.7 Å². The Morgan fingerprint density at radius 3 is 2.53 bits per heavy atom. The third-order valence-electron chi connectivity index (χ3n) is 8.51. The predicted octanol–water partition coefficient (Wildman–Crippen LogP) is 3.63. The lowest BCUT2D eigenvalue weighted by molar-refractivity contribution is -0.120. The largest absolute Gasteiger partial charge is 0.465 e. The normalized spacial score (nSPS) is 25.2. The summed E-state index contributed by atoms with van der Waals surface area (Å²) in [6, 6.07) is 1.77. The van der Waals surface area contributed by atoms with Gasteiger partial charge in [0.05, 0.1) is 18.4 Å². The molecular weight excluding hydrogens is 498 g/mol. The Bertz CT molecular complexity index is 1270. The molecule has 1 saturated carbocycles. The maximum absolute atomic E-state index is 14.7. The first-order valence-electron chi connectivity index (χ1n) is 13.4. The quantitative estimate of drug-likeness (QED) is 0.611. The van der Waals surface area contributed by atoms with Crippen LogP contribution in [0.15, 0.2) is 18.5 Å². The van der Waals surface area contributed by atoms with E-state index in [9.17, 15) is 23.2 Å². The second kappa shape index (κ2) is 9.48. The molecule has 2 N–H and O–H groups in total. The van der Waals surface area contributed by atoms with Crippen molar-refractivity contribution in [2.45, 2.75) is 56.4 Å². The van der Waals surface area contributed by atoms with Crippen LogP contribution >= 0.6 is 0 Å². The summed E-state index contributed by atoms with van der Waals surface area (Å²) in [7, 11) is 0. The Balaban J connectivity index is 1.16. The van der Waals surface area contributed by atoms with Gasteiger partial charge in [-0.2, -0.15) is 0 Å². The van der Waals surface area contributed by atoms with Crippen LogP contribution in [0.4, 0.5) is 24.1 Å². The van der Waals surface area contributed by atoms with Gasteiger partial charge < -0.3 is 19.5 Å². The molecule has 38 heavy (non-hydrogen) atoms. The van der Waals surface area contributed by atoms with E-state index in [1.54, 1.807) is 11.1 Å². The van der Waals surface area contributed by atoms with Crippen LogP contribution in [0, 0.1) is 5.92 Å². The van der Waals surface area contributed by atoms with Crippen molar-refractivity contribution in [3.05, 3.63) is 24.0 Å². The SMILES string of the molecule is O=C1CCN(c2cnc3c(c2)c(C2CC2)cn3C2CCN(CC3CCN(C(=O)O)CC3(F)F)CC2)C(=O)N1. The number of nitrogens with one attached hydrogen (secondary N) is 1. The monoisotopic (exact) mass is 530 g/mol. The number of halogens is 2. The van der Waals surface area contributed by atoms with Crippen LogP contribution in [0.3, 0.4) is 0 Å². The number of anilines is 1. The number of imide groups is 1. The van der Waals surface area contributed by atoms with E-state index < -0.39 is 30.5 Å². The van der Waals surface area contributed by atoms with Crippen LogP contribution in [0.5, 0.6) is 0 Å². The van der Waals surface area contributed by atoms with Gasteiger partial charge in [0.15, 0.2) is 0 Å². The molecule has 3 aliphatic heterocycles. The number of hydrogen-bond donors (Lipinski definition) is 2. The van der Waals surface area contributed by atoms with Gasteiger partial charge in [-0.15, -0.1) is 0 Å². The van der Waals surface area contributed by atoms with E-state index in [4.69, 9.17) is 10.1 Å². The van der Waals surface area contributed by atoms with E-state index in [-0.39, 0.29) is 37.9 Å². The summed E-state index contributed by atoms with van der Waals surface area (Å²) in [6.07, 6.45) is 6.88. The Hall–Kier alpha value is -3.28. The lowest BCUT2D eigenvalue weighted by Gasteiger charge is -2.41. The molecule has 1 atom stereocenters. The van der Waals surface area contributed by atoms with Gasteiger partial charge in [0.1, 0.15) is 5.65 Å². The van der Waals surface area contributed by atoms with Gasteiger partial charge in [-0.1, -0.05) is 0 Å². The molecule has 12 heteroatoms. The number of urea groups is 1. The van der Waals surface area contributed by atoms with E-state index in [1.807, 2.05) is 6.07 Å². The van der Waals surface area contributed by atoms with Crippen molar-refractivity contribution in [2.24, 2.45) is 5.92 Å². The standard InChI is InChI=1S/C26H32F2N6O4/c27-26(28)15-32(25(37)38)9-3-17(26)13-31-7-4-18(5-8-31)34-14-21(16-1-2-16)20-11-19(12-29-23(20)34)33-10-6-22(35)30-24(33)36/h11-12,14,16-18H,1-10,13,15H2,(H,37,38)(H,30,35,36). The molecule has 1 unspecified atom stereocenters. The van der Waals surface area contributed by atoms with Crippen LogP contribution in [-0.2, 0) is 4.79 Å². The molecule has 2 aromatic rings. The van der Waals surface area contributed by atoms with Crippen LogP contribution in [0.2, 0.25) is 0 Å². The Labute approximate surface area is 218 Å². The molecule has 6 rings (SSSR count). The predicted molar refractivity (Wildman–Crippen MR) is 135 cm³/mol. The van der Waals surface area contributed by atoms with Gasteiger partial charge in [0.25, 0.3) is 5.92 Å². The number of pyridine rings is 1. The topological polar surface area (TPSA) is 111 Å². The second-order valence-electron chi connectivity index (χ2n) is 11.1. The number of fused-ring (bicyclic) bond motifs is 1. The number of carbonyl (C=O) groups is 3. The number of amides is 4. The Morgan fingerprint density at radius 1 is 1.11 bits per heavy atom. The molecule has 5 heterocycles. The molecule has 4 amide bonds. The zero-order valence-electron chi connectivity index (χ0n) is 21.1. The van der Waals surface area contributed by atoms with Crippen molar-refractivity contribution in [1.29, 1.82) is 0 Å². The molecule has 3 saturated heterocycles. The van der Waals surface area contributed by atoms with Gasteiger partial charge in [0.2, 0.25) is 5.91 Å². The fourth-order valence-electron chi connectivity index (χ4n) is 6.17. The second-order valence-corrected chi connectivity index (χ2v) is 11.1. The number of nitrogens with zero attached hydrogens (tertiary/aromatic N) is 5. The highest BCUT2D eigenvalue weighted by atomic mass is 19.3. The summed E-state index contributed by atoms with van der Waals surface area (Å²) in [5.41, 5.74) is 2.78. The minimum absolute atomic E-state index is 0.147. The molecule has 4 fully saturated rings. The lowest BCUT2D eigenvalue weighted by Crippen LogP contribution is -2.53. The highest BCUT2D eigenvalue weighted by molar-refractivity contribution is 6.06. The number of alkyl halides is 2. The van der Waals surface area contributed by atoms with E-state index in [1.165, 1.54) is 5.56 Å². The first-order valence-corrected chi connectivity index (χ1v) is 13.4. The van der Waals surface area contributed by atoms with Crippen molar-refractivity contribution in [1.82, 2.24) is 24.7 Å². The molecule has 0 bridgehead atoms. The maximum Gasteiger partial charge on any atom is 0.407 e. The summed E-state index contributed by atoms with van der Waals surface area (Å²) in [4.78, 5) is 44.2. The lowest BCUT2D eigenvalue weighted by atomic mass is 9.91. The smallest absolute Gasteiger partial charge is 0.407 e. The van der Waals surface area contributed by atoms with Crippen molar-refractivity contribution >= 4 is 34.8 Å². The highest BCUT2D eigenvalue weighted by Gasteiger charge is 2.46. The highest BCUT2D eigenvalue weighted by Crippen LogP contribution is 2.45. The van der Waals surface area contributed by atoms with Crippen molar-refractivity contribution in [2.75, 3.05) is 44.2 Å². The van der Waals surface area contributed by atoms with Crippen LogP contribution in [-0.4, -0.2) is 87.7 Å². The van der Waals surface area contributed by atoms with Gasteiger partial charge in [-0.3, -0.25) is 15.0 Å². The summed E-state index contributed by atoms with van der Waals surface area (Å²) in [5.74, 6) is -3.66. The number of carboxylic acid groups (broad SMARTS) is 1. The molecule has 2 aromatic heterocycles. The zero-order valence-corrected chi connectivity index (χ0v) is 21.1. The van der Waals surface area contributed by atoms with E-state index in [0.29, 0.717) is 31.2 Å². The van der Waals surface area contributed by atoms with Crippen molar-refractivity contribution in [3.8, 4) is 0 Å². The summed E-state index contributed by atoms with van der Waals surface area (Å²) >= 11 is 0. The van der Waals surface area contributed by atoms with Gasteiger partial charge in [-0.05, 0) is 49.7 Å².